The van der Waals surface area contributed by atoms with Crippen LogP contribution in [0, 0.1) is 5.92 Å². The first-order valence-corrected chi connectivity index (χ1v) is 12.1. The number of carbonyl (C=O) groups excluding carboxylic acids is 1. The van der Waals surface area contributed by atoms with E-state index in [1.165, 1.54) is 22.7 Å². The fourth-order valence-electron chi connectivity index (χ4n) is 3.20. The van der Waals surface area contributed by atoms with E-state index in [9.17, 15) is 13.2 Å². The summed E-state index contributed by atoms with van der Waals surface area (Å²) in [6.07, 6.45) is 1.79. The zero-order valence-corrected chi connectivity index (χ0v) is 18.2. The van der Waals surface area contributed by atoms with Crippen molar-refractivity contribution in [2.75, 3.05) is 29.5 Å². The maximum atomic E-state index is 12.6. The van der Waals surface area contributed by atoms with Crippen molar-refractivity contribution >= 4 is 38.1 Å². The summed E-state index contributed by atoms with van der Waals surface area (Å²) < 4.78 is 30.2. The lowest BCUT2D eigenvalue weighted by atomic mass is 9.96. The van der Waals surface area contributed by atoms with Gasteiger partial charge in [0.2, 0.25) is 15.9 Å². The predicted octanol–water partition coefficient (Wildman–Crippen LogP) is 3.40. The van der Waals surface area contributed by atoms with E-state index >= 15 is 0 Å². The van der Waals surface area contributed by atoms with Gasteiger partial charge in [-0.2, -0.15) is 0 Å². The number of thiazole rings is 1. The van der Waals surface area contributed by atoms with Gasteiger partial charge in [0.1, 0.15) is 12.4 Å². The van der Waals surface area contributed by atoms with Crippen LogP contribution in [0.25, 0.3) is 11.3 Å². The van der Waals surface area contributed by atoms with Crippen molar-refractivity contribution < 1.29 is 17.9 Å². The second-order valence-corrected chi connectivity index (χ2v) is 10.00. The second-order valence-electron chi connectivity index (χ2n) is 7.12. The largest absolute Gasteiger partial charge is 0.492 e. The number of fused-ring (bicyclic) bond motifs is 1. The standard InChI is InChI=1S/C21H21N3O4S2/c1-24(30(2,26)27)17-9-7-14(8-10-17)18-13-29-21(22-18)23-20(25)16-11-15-5-3-4-6-19(15)28-12-16/h3-10,13,16H,11-12H2,1-2H3,(H,22,23,25)/t16-/m0/s1. The third kappa shape index (κ3) is 4.31. The molecule has 0 unspecified atom stereocenters. The van der Waals surface area contributed by atoms with Gasteiger partial charge >= 0.3 is 0 Å². The average molecular weight is 444 g/mol. The van der Waals surface area contributed by atoms with Gasteiger partial charge in [0, 0.05) is 18.0 Å². The van der Waals surface area contributed by atoms with Gasteiger partial charge in [0.25, 0.3) is 0 Å². The van der Waals surface area contributed by atoms with Crippen molar-refractivity contribution in [1.29, 1.82) is 0 Å². The lowest BCUT2D eigenvalue weighted by Gasteiger charge is -2.24. The molecule has 0 fully saturated rings. The lowest BCUT2D eigenvalue weighted by Crippen LogP contribution is -2.32. The molecule has 1 N–H and O–H groups in total. The Bertz CT molecular complexity index is 1170. The van der Waals surface area contributed by atoms with Crippen LogP contribution >= 0.6 is 11.3 Å². The number of aromatic nitrogens is 1. The quantitative estimate of drug-likeness (QED) is 0.653. The van der Waals surface area contributed by atoms with Crippen molar-refractivity contribution in [2.45, 2.75) is 6.42 Å². The summed E-state index contributed by atoms with van der Waals surface area (Å²) in [4.78, 5) is 17.1. The minimum atomic E-state index is -3.31. The topological polar surface area (TPSA) is 88.6 Å². The molecule has 3 aromatic rings. The van der Waals surface area contributed by atoms with Crippen molar-refractivity contribution in [3.63, 3.8) is 0 Å². The average Bonchev–Trinajstić information content (AvgIpc) is 3.20. The number of sulfonamides is 1. The SMILES string of the molecule is CN(c1ccc(-c2csc(NC(=O)[C@@H]3COc4ccccc4C3)n2)cc1)S(C)(=O)=O. The highest BCUT2D eigenvalue weighted by Crippen LogP contribution is 2.30. The van der Waals surface area contributed by atoms with E-state index in [1.807, 2.05) is 41.8 Å². The normalized spacial score (nSPS) is 15.7. The summed E-state index contributed by atoms with van der Waals surface area (Å²) in [5.74, 6) is 0.455. The third-order valence-corrected chi connectivity index (χ3v) is 6.97. The van der Waals surface area contributed by atoms with Crippen LogP contribution in [0.2, 0.25) is 0 Å². The highest BCUT2D eigenvalue weighted by Gasteiger charge is 2.26. The number of rotatable bonds is 5. The molecule has 1 aliphatic rings. The lowest BCUT2D eigenvalue weighted by molar-refractivity contribution is -0.121. The summed E-state index contributed by atoms with van der Waals surface area (Å²) >= 11 is 1.35. The van der Waals surface area contributed by atoms with Gasteiger partial charge < -0.3 is 10.1 Å². The Hall–Kier alpha value is -2.91. The van der Waals surface area contributed by atoms with E-state index in [4.69, 9.17) is 4.74 Å². The molecule has 1 aromatic heterocycles. The van der Waals surface area contributed by atoms with Gasteiger partial charge in [-0.15, -0.1) is 11.3 Å². The summed E-state index contributed by atoms with van der Waals surface area (Å²) in [5.41, 5.74) is 3.16. The van der Waals surface area contributed by atoms with Crippen LogP contribution in [-0.2, 0) is 21.2 Å². The van der Waals surface area contributed by atoms with Gasteiger partial charge in [-0.1, -0.05) is 30.3 Å². The molecule has 30 heavy (non-hydrogen) atoms. The maximum absolute atomic E-state index is 12.6. The van der Waals surface area contributed by atoms with E-state index < -0.39 is 10.0 Å². The van der Waals surface area contributed by atoms with Crippen molar-refractivity contribution in [3.8, 4) is 17.0 Å². The van der Waals surface area contributed by atoms with E-state index in [1.54, 1.807) is 12.1 Å². The Morgan fingerprint density at radius 3 is 2.67 bits per heavy atom. The van der Waals surface area contributed by atoms with Gasteiger partial charge in [-0.05, 0) is 30.2 Å². The van der Waals surface area contributed by atoms with Crippen molar-refractivity contribution in [3.05, 3.63) is 59.5 Å². The number of hydrogen-bond donors (Lipinski definition) is 1. The highest BCUT2D eigenvalue weighted by molar-refractivity contribution is 7.92. The molecule has 1 aliphatic heterocycles. The van der Waals surface area contributed by atoms with Crippen LogP contribution in [0.1, 0.15) is 5.56 Å². The number of nitrogens with one attached hydrogen (secondary N) is 1. The number of hydrogen-bond acceptors (Lipinski definition) is 6. The summed E-state index contributed by atoms with van der Waals surface area (Å²) in [6.45, 7) is 0.344. The monoisotopic (exact) mass is 443 g/mol. The predicted molar refractivity (Wildman–Crippen MR) is 119 cm³/mol. The van der Waals surface area contributed by atoms with Crippen LogP contribution in [0.4, 0.5) is 10.8 Å². The van der Waals surface area contributed by atoms with Gasteiger partial charge in [-0.25, -0.2) is 13.4 Å². The highest BCUT2D eigenvalue weighted by atomic mass is 32.2. The molecule has 0 bridgehead atoms. The number of anilines is 2. The second kappa shape index (κ2) is 8.08. The number of nitrogens with zero attached hydrogens (tertiary/aromatic N) is 2. The molecule has 4 rings (SSSR count). The Morgan fingerprint density at radius 2 is 1.93 bits per heavy atom. The van der Waals surface area contributed by atoms with Crippen LogP contribution in [0.15, 0.2) is 53.9 Å². The summed E-state index contributed by atoms with van der Waals surface area (Å²) in [6, 6.07) is 14.8. The zero-order chi connectivity index (χ0) is 21.3. The number of para-hydroxylation sites is 1. The molecule has 0 radical (unpaired) electrons. The molecule has 0 aliphatic carbocycles. The first kappa shape index (κ1) is 20.4. The molecule has 0 saturated heterocycles. The van der Waals surface area contributed by atoms with E-state index in [0.717, 1.165) is 23.1 Å². The first-order valence-electron chi connectivity index (χ1n) is 9.33. The van der Waals surface area contributed by atoms with Crippen molar-refractivity contribution in [1.82, 2.24) is 4.98 Å². The number of carbonyl (C=O) groups is 1. The van der Waals surface area contributed by atoms with E-state index in [0.29, 0.717) is 29.5 Å². The van der Waals surface area contributed by atoms with Gasteiger partial charge in [0.05, 0.1) is 23.6 Å². The van der Waals surface area contributed by atoms with Crippen LogP contribution in [0.5, 0.6) is 5.75 Å². The van der Waals surface area contributed by atoms with Crippen LogP contribution < -0.4 is 14.4 Å². The number of benzene rings is 2. The number of ether oxygens (including phenoxy) is 1. The van der Waals surface area contributed by atoms with Crippen LogP contribution in [-0.4, -0.2) is 39.2 Å². The molecule has 1 atom stereocenters. The minimum absolute atomic E-state index is 0.115. The minimum Gasteiger partial charge on any atom is -0.492 e. The molecule has 0 saturated carbocycles. The molecular weight excluding hydrogens is 422 g/mol. The Kier molecular flexibility index (Phi) is 5.48. The Morgan fingerprint density at radius 1 is 1.20 bits per heavy atom. The van der Waals surface area contributed by atoms with Crippen LogP contribution in [0.3, 0.4) is 0 Å². The fourth-order valence-corrected chi connectivity index (χ4v) is 4.43. The Balaban J connectivity index is 1.43. The third-order valence-electron chi connectivity index (χ3n) is 5.01. The van der Waals surface area contributed by atoms with Crippen molar-refractivity contribution in [2.24, 2.45) is 5.92 Å². The number of amides is 1. The molecule has 0 spiro atoms. The van der Waals surface area contributed by atoms with E-state index in [2.05, 4.69) is 10.3 Å². The van der Waals surface area contributed by atoms with E-state index in [-0.39, 0.29) is 11.8 Å². The smallest absolute Gasteiger partial charge is 0.233 e. The fraction of sp³-hybridized carbons (Fsp3) is 0.238. The van der Waals surface area contributed by atoms with Gasteiger partial charge in [-0.3, -0.25) is 9.10 Å². The molecule has 9 heteroatoms. The zero-order valence-electron chi connectivity index (χ0n) is 16.5. The first-order chi connectivity index (χ1) is 14.3. The Labute approximate surface area is 179 Å². The van der Waals surface area contributed by atoms with Gasteiger partial charge in [0.15, 0.2) is 5.13 Å². The summed E-state index contributed by atoms with van der Waals surface area (Å²) in [7, 11) is -1.80. The molecule has 7 nitrogen and oxygen atoms in total. The molecule has 1 amide bonds. The maximum Gasteiger partial charge on any atom is 0.233 e. The molecule has 2 aromatic carbocycles. The molecule has 156 valence electrons. The molecular formula is C21H21N3O4S2. The summed E-state index contributed by atoms with van der Waals surface area (Å²) in [5, 5.41) is 5.26. The molecule has 2 heterocycles.